The van der Waals surface area contributed by atoms with Crippen molar-refractivity contribution in [3.05, 3.63) is 73.9 Å². The first-order chi connectivity index (χ1) is 12.0. The van der Waals surface area contributed by atoms with Gasteiger partial charge >= 0.3 is 11.7 Å². The number of carbonyl (C=O) groups is 1. The Balaban J connectivity index is 1.99. The number of esters is 1. The molecule has 0 atom stereocenters. The first-order valence-electron chi connectivity index (χ1n) is 7.09. The lowest BCUT2D eigenvalue weighted by atomic mass is 10.1. The predicted octanol–water partition coefficient (Wildman–Crippen LogP) is 3.71. The van der Waals surface area contributed by atoms with Crippen LogP contribution in [-0.2, 0) is 9.53 Å². The largest absolute Gasteiger partial charge is 0.490 e. The average molecular weight is 403 g/mol. The summed E-state index contributed by atoms with van der Waals surface area (Å²) in [7, 11) is 1.35. The fraction of sp³-hybridized carbons (Fsp3) is 0.0588. The Kier molecular flexibility index (Phi) is 4.62. The molecule has 1 aliphatic heterocycles. The van der Waals surface area contributed by atoms with Crippen molar-refractivity contribution in [2.45, 2.75) is 0 Å². The van der Waals surface area contributed by atoms with Crippen LogP contribution in [0.4, 0.5) is 5.69 Å². The number of benzene rings is 2. The van der Waals surface area contributed by atoms with Gasteiger partial charge in [-0.2, -0.15) is 0 Å². The maximum absolute atomic E-state index is 12.0. The number of halogens is 1. The molecule has 0 fully saturated rings. The van der Waals surface area contributed by atoms with Crippen LogP contribution in [0.1, 0.15) is 11.1 Å². The summed E-state index contributed by atoms with van der Waals surface area (Å²) in [5.41, 5.74) is 0.944. The molecule has 1 heterocycles. The topological polar surface area (TPSA) is 91.0 Å². The van der Waals surface area contributed by atoms with E-state index in [1.807, 2.05) is 6.07 Å². The highest BCUT2D eigenvalue weighted by Gasteiger charge is 2.25. The fourth-order valence-electron chi connectivity index (χ4n) is 2.26. The van der Waals surface area contributed by atoms with Crippen molar-refractivity contribution in [2.75, 3.05) is 7.11 Å². The molecule has 126 valence electrons. The molecule has 0 saturated heterocycles. The van der Waals surface area contributed by atoms with Crippen molar-refractivity contribution >= 4 is 39.6 Å². The molecule has 0 bridgehead atoms. The van der Waals surface area contributed by atoms with Gasteiger partial charge < -0.3 is 9.47 Å². The van der Waals surface area contributed by atoms with Crippen LogP contribution in [0, 0.1) is 10.1 Å². The lowest BCUT2D eigenvalue weighted by Gasteiger charge is -2.02. The molecular formula is C17H11BrN2O5. The molecular weight excluding hydrogens is 392 g/mol. The molecule has 0 saturated carbocycles. The molecule has 0 N–H and O–H groups in total. The third-order valence-corrected chi connectivity index (χ3v) is 4.12. The Hall–Kier alpha value is -3.00. The highest BCUT2D eigenvalue weighted by molar-refractivity contribution is 9.10. The quantitative estimate of drug-likeness (QED) is 0.336. The number of methoxy groups -OCH3 is 1. The van der Waals surface area contributed by atoms with E-state index < -0.39 is 10.9 Å². The summed E-state index contributed by atoms with van der Waals surface area (Å²) in [6.07, 6.45) is 1.43. The number of hydrogen-bond acceptors (Lipinski definition) is 6. The van der Waals surface area contributed by atoms with Gasteiger partial charge in [-0.25, -0.2) is 9.79 Å². The summed E-state index contributed by atoms with van der Waals surface area (Å²) >= 11 is 3.37. The highest BCUT2D eigenvalue weighted by Crippen LogP contribution is 2.29. The molecule has 25 heavy (non-hydrogen) atoms. The molecule has 1 aliphatic rings. The first kappa shape index (κ1) is 16.8. The molecule has 3 rings (SSSR count). The second-order valence-corrected chi connectivity index (χ2v) is 5.86. The van der Waals surface area contributed by atoms with E-state index in [9.17, 15) is 14.9 Å². The van der Waals surface area contributed by atoms with Crippen LogP contribution < -0.4 is 4.74 Å². The number of hydrogen-bond donors (Lipinski definition) is 0. The molecule has 0 aromatic heterocycles. The number of nitro groups is 1. The number of ether oxygens (including phenoxy) is 2. The summed E-state index contributed by atoms with van der Waals surface area (Å²) in [4.78, 5) is 26.8. The smallest absolute Gasteiger partial charge is 0.363 e. The van der Waals surface area contributed by atoms with Crippen LogP contribution in [-0.4, -0.2) is 23.9 Å². The first-order valence-corrected chi connectivity index (χ1v) is 7.89. The molecule has 0 aliphatic carbocycles. The van der Waals surface area contributed by atoms with Crippen molar-refractivity contribution < 1.29 is 19.2 Å². The van der Waals surface area contributed by atoms with E-state index in [1.165, 1.54) is 25.3 Å². The zero-order chi connectivity index (χ0) is 18.0. The standard InChI is InChI=1S/C17H11BrN2O5/c1-24-15-7-6-10(9-14(15)20(22)23)8-13-17(21)25-16(19-13)11-4-2-3-5-12(11)18/h2-9H,1H3/b13-8+. The van der Waals surface area contributed by atoms with E-state index in [1.54, 1.807) is 24.3 Å². The van der Waals surface area contributed by atoms with Crippen molar-refractivity contribution in [1.29, 1.82) is 0 Å². The van der Waals surface area contributed by atoms with Crippen molar-refractivity contribution in [1.82, 2.24) is 0 Å². The van der Waals surface area contributed by atoms with Gasteiger partial charge in [0.1, 0.15) is 0 Å². The van der Waals surface area contributed by atoms with Crippen LogP contribution >= 0.6 is 15.9 Å². The summed E-state index contributed by atoms with van der Waals surface area (Å²) in [6.45, 7) is 0. The third kappa shape index (κ3) is 3.43. The predicted molar refractivity (Wildman–Crippen MR) is 94.4 cm³/mol. The van der Waals surface area contributed by atoms with Crippen molar-refractivity contribution in [3.63, 3.8) is 0 Å². The summed E-state index contributed by atoms with van der Waals surface area (Å²) in [5, 5.41) is 11.1. The minimum absolute atomic E-state index is 0.0604. The van der Waals surface area contributed by atoms with Gasteiger partial charge in [0.05, 0.1) is 17.6 Å². The Morgan fingerprint density at radius 3 is 2.72 bits per heavy atom. The number of nitrogens with zero attached hydrogens (tertiary/aromatic N) is 2. The molecule has 2 aromatic rings. The van der Waals surface area contributed by atoms with E-state index >= 15 is 0 Å². The van der Waals surface area contributed by atoms with Gasteiger partial charge in [0.25, 0.3) is 0 Å². The van der Waals surface area contributed by atoms with Crippen LogP contribution in [0.15, 0.2) is 57.6 Å². The third-order valence-electron chi connectivity index (χ3n) is 3.43. The van der Waals surface area contributed by atoms with Gasteiger partial charge in [-0.15, -0.1) is 0 Å². The van der Waals surface area contributed by atoms with Gasteiger partial charge in [-0.3, -0.25) is 10.1 Å². The second-order valence-electron chi connectivity index (χ2n) is 5.00. The maximum atomic E-state index is 12.0. The highest BCUT2D eigenvalue weighted by atomic mass is 79.9. The number of rotatable bonds is 4. The van der Waals surface area contributed by atoms with Crippen LogP contribution in [0.25, 0.3) is 6.08 Å². The second kappa shape index (κ2) is 6.86. The van der Waals surface area contributed by atoms with Gasteiger partial charge in [-0.1, -0.05) is 18.2 Å². The van der Waals surface area contributed by atoms with E-state index in [4.69, 9.17) is 9.47 Å². The van der Waals surface area contributed by atoms with E-state index in [0.29, 0.717) is 11.1 Å². The van der Waals surface area contributed by atoms with Crippen molar-refractivity contribution in [3.8, 4) is 5.75 Å². The Morgan fingerprint density at radius 1 is 1.28 bits per heavy atom. The minimum Gasteiger partial charge on any atom is -0.490 e. The molecule has 0 radical (unpaired) electrons. The normalized spacial score (nSPS) is 15.0. The van der Waals surface area contributed by atoms with Gasteiger partial charge in [0.2, 0.25) is 5.90 Å². The monoisotopic (exact) mass is 402 g/mol. The summed E-state index contributed by atoms with van der Waals surface area (Å²) in [5.74, 6) is -0.311. The van der Waals surface area contributed by atoms with Gasteiger partial charge in [-0.05, 0) is 45.8 Å². The zero-order valence-electron chi connectivity index (χ0n) is 12.9. The van der Waals surface area contributed by atoms with Crippen LogP contribution in [0.3, 0.4) is 0 Å². The van der Waals surface area contributed by atoms with E-state index in [-0.39, 0.29) is 23.0 Å². The van der Waals surface area contributed by atoms with E-state index in [2.05, 4.69) is 20.9 Å². The molecule has 7 nitrogen and oxygen atoms in total. The minimum atomic E-state index is -0.621. The number of aliphatic imine (C=N–C) groups is 1. The molecule has 2 aromatic carbocycles. The number of carbonyl (C=O) groups excluding carboxylic acids is 1. The molecule has 0 amide bonds. The van der Waals surface area contributed by atoms with Gasteiger partial charge in [0, 0.05) is 10.5 Å². The Bertz CT molecular complexity index is 936. The van der Waals surface area contributed by atoms with Crippen LogP contribution in [0.2, 0.25) is 0 Å². The van der Waals surface area contributed by atoms with E-state index in [0.717, 1.165) is 4.47 Å². The molecule has 8 heteroatoms. The SMILES string of the molecule is COc1ccc(/C=C2/N=C(c3ccccc3Br)OC2=O)cc1[N+](=O)[O-]. The molecule has 0 unspecified atom stereocenters. The van der Waals surface area contributed by atoms with Crippen molar-refractivity contribution in [2.24, 2.45) is 4.99 Å². The maximum Gasteiger partial charge on any atom is 0.363 e. The Labute approximate surface area is 150 Å². The number of nitro benzene ring substituents is 1. The lowest BCUT2D eigenvalue weighted by molar-refractivity contribution is -0.385. The fourth-order valence-corrected chi connectivity index (χ4v) is 2.71. The zero-order valence-corrected chi connectivity index (χ0v) is 14.5. The molecule has 0 spiro atoms. The summed E-state index contributed by atoms with van der Waals surface area (Å²) in [6, 6.07) is 11.6. The lowest BCUT2D eigenvalue weighted by Crippen LogP contribution is -2.05. The van der Waals surface area contributed by atoms with Gasteiger partial charge in [0.15, 0.2) is 11.4 Å². The van der Waals surface area contributed by atoms with Crippen LogP contribution in [0.5, 0.6) is 5.75 Å². The Morgan fingerprint density at radius 2 is 2.04 bits per heavy atom. The number of cyclic esters (lactones) is 1. The average Bonchev–Trinajstić information content (AvgIpc) is 2.95. The summed E-state index contributed by atoms with van der Waals surface area (Å²) < 4.78 is 10.9.